The number of amides is 2. The van der Waals surface area contributed by atoms with Gasteiger partial charge in [0.05, 0.1) is 5.92 Å². The summed E-state index contributed by atoms with van der Waals surface area (Å²) in [6, 6.07) is 0.227. The molecular formula is C13H22N2O4. The highest BCUT2D eigenvalue weighted by molar-refractivity contribution is 5.77. The van der Waals surface area contributed by atoms with Gasteiger partial charge in [-0.15, -0.1) is 0 Å². The van der Waals surface area contributed by atoms with Crippen molar-refractivity contribution in [2.24, 2.45) is 5.92 Å². The lowest BCUT2D eigenvalue weighted by atomic mass is 9.91. The van der Waals surface area contributed by atoms with E-state index < -0.39 is 11.9 Å². The molecule has 0 aromatic rings. The van der Waals surface area contributed by atoms with Crippen LogP contribution in [0.15, 0.2) is 0 Å². The number of carboxylic acid groups (broad SMARTS) is 1. The molecule has 1 saturated carbocycles. The van der Waals surface area contributed by atoms with Crippen LogP contribution in [0.4, 0.5) is 4.79 Å². The van der Waals surface area contributed by atoms with Crippen LogP contribution in [0.3, 0.4) is 0 Å². The minimum Gasteiger partial charge on any atom is -0.481 e. The van der Waals surface area contributed by atoms with Crippen molar-refractivity contribution in [2.75, 3.05) is 26.2 Å². The van der Waals surface area contributed by atoms with E-state index in [4.69, 9.17) is 10.2 Å². The van der Waals surface area contributed by atoms with Gasteiger partial charge in [0.2, 0.25) is 0 Å². The first-order valence-corrected chi connectivity index (χ1v) is 7.02. The molecule has 2 fully saturated rings. The predicted octanol–water partition coefficient (Wildman–Crippen LogP) is 0.750. The van der Waals surface area contributed by atoms with Crippen LogP contribution in [0, 0.1) is 5.92 Å². The number of hydrogen-bond acceptors (Lipinski definition) is 3. The smallest absolute Gasteiger partial charge is 0.320 e. The predicted molar refractivity (Wildman–Crippen MR) is 68.8 cm³/mol. The van der Waals surface area contributed by atoms with Gasteiger partial charge in [-0.2, -0.15) is 0 Å². The minimum absolute atomic E-state index is 0.0538. The molecule has 0 bridgehead atoms. The van der Waals surface area contributed by atoms with Gasteiger partial charge in [-0.1, -0.05) is 0 Å². The fourth-order valence-corrected chi connectivity index (χ4v) is 2.69. The number of carbonyl (C=O) groups is 2. The van der Waals surface area contributed by atoms with Crippen LogP contribution < -0.4 is 0 Å². The lowest BCUT2D eigenvalue weighted by Gasteiger charge is -2.39. The molecule has 1 aliphatic carbocycles. The molecule has 1 aliphatic heterocycles. The van der Waals surface area contributed by atoms with Crippen molar-refractivity contribution in [3.05, 3.63) is 0 Å². The van der Waals surface area contributed by atoms with E-state index in [1.54, 1.807) is 4.90 Å². The van der Waals surface area contributed by atoms with Crippen molar-refractivity contribution in [3.63, 3.8) is 0 Å². The Bertz CT molecular complexity index is 344. The van der Waals surface area contributed by atoms with E-state index >= 15 is 0 Å². The molecule has 6 heteroatoms. The fraction of sp³-hybridized carbons (Fsp3) is 0.846. The van der Waals surface area contributed by atoms with E-state index in [9.17, 15) is 9.59 Å². The summed E-state index contributed by atoms with van der Waals surface area (Å²) in [5, 5.41) is 17.9. The third-order valence-electron chi connectivity index (χ3n) is 4.13. The Morgan fingerprint density at radius 3 is 2.47 bits per heavy atom. The van der Waals surface area contributed by atoms with Gasteiger partial charge in [-0.25, -0.2) is 4.79 Å². The third-order valence-corrected chi connectivity index (χ3v) is 4.13. The van der Waals surface area contributed by atoms with Crippen molar-refractivity contribution in [1.29, 1.82) is 0 Å². The molecule has 1 saturated heterocycles. The van der Waals surface area contributed by atoms with Crippen LogP contribution in [0.2, 0.25) is 0 Å². The number of carbonyl (C=O) groups excluding carboxylic acids is 1. The number of rotatable bonds is 5. The Hall–Kier alpha value is -1.30. The number of aliphatic hydroxyl groups is 1. The van der Waals surface area contributed by atoms with Crippen LogP contribution in [0.25, 0.3) is 0 Å². The summed E-state index contributed by atoms with van der Waals surface area (Å²) < 4.78 is 0. The van der Waals surface area contributed by atoms with Crippen molar-refractivity contribution >= 4 is 12.0 Å². The number of urea groups is 1. The van der Waals surface area contributed by atoms with Gasteiger partial charge < -0.3 is 20.0 Å². The van der Waals surface area contributed by atoms with Gasteiger partial charge in [0.15, 0.2) is 0 Å². The van der Waals surface area contributed by atoms with Crippen LogP contribution in [-0.4, -0.2) is 64.3 Å². The molecule has 0 spiro atoms. The van der Waals surface area contributed by atoms with Gasteiger partial charge in [-0.05, 0) is 32.1 Å². The van der Waals surface area contributed by atoms with Crippen LogP contribution in [-0.2, 0) is 4.79 Å². The van der Waals surface area contributed by atoms with Crippen LogP contribution in [0.5, 0.6) is 0 Å². The van der Waals surface area contributed by atoms with Crippen LogP contribution in [0.1, 0.15) is 32.1 Å². The van der Waals surface area contributed by atoms with E-state index in [0.29, 0.717) is 32.5 Å². The Balaban J connectivity index is 1.93. The highest BCUT2D eigenvalue weighted by Crippen LogP contribution is 2.27. The lowest BCUT2D eigenvalue weighted by Crippen LogP contribution is -2.50. The average Bonchev–Trinajstić information content (AvgIpc) is 2.80. The number of likely N-dealkylation sites (tertiary alicyclic amines) is 1. The number of aliphatic hydroxyl groups excluding tert-OH is 1. The summed E-state index contributed by atoms with van der Waals surface area (Å²) in [5.74, 6) is -1.24. The monoisotopic (exact) mass is 270 g/mol. The number of hydrogen-bond donors (Lipinski definition) is 2. The maximum atomic E-state index is 12.4. The second-order valence-corrected chi connectivity index (χ2v) is 5.41. The minimum atomic E-state index is -0.819. The van der Waals surface area contributed by atoms with E-state index in [0.717, 1.165) is 19.3 Å². The maximum absolute atomic E-state index is 12.4. The summed E-state index contributed by atoms with van der Waals surface area (Å²) >= 11 is 0. The summed E-state index contributed by atoms with van der Waals surface area (Å²) in [5.41, 5.74) is 0. The second-order valence-electron chi connectivity index (χ2n) is 5.41. The molecule has 0 aromatic carbocycles. The molecule has 108 valence electrons. The standard InChI is InChI=1S/C13H22N2O4/c16-8-2-6-15(11-3-1-4-11)13(19)14-7-5-10(9-14)12(17)18/h10-11,16H,1-9H2,(H,17,18). The van der Waals surface area contributed by atoms with Gasteiger partial charge in [0.1, 0.15) is 0 Å². The van der Waals surface area contributed by atoms with E-state index in [-0.39, 0.29) is 18.7 Å². The first kappa shape index (κ1) is 14.1. The molecule has 0 radical (unpaired) electrons. The number of aliphatic carboxylic acids is 1. The largest absolute Gasteiger partial charge is 0.481 e. The summed E-state index contributed by atoms with van der Waals surface area (Å²) in [7, 11) is 0. The zero-order chi connectivity index (χ0) is 13.8. The zero-order valence-corrected chi connectivity index (χ0v) is 11.1. The van der Waals surface area contributed by atoms with Gasteiger partial charge in [-0.3, -0.25) is 4.79 Å². The van der Waals surface area contributed by atoms with Crippen molar-refractivity contribution < 1.29 is 19.8 Å². The molecule has 6 nitrogen and oxygen atoms in total. The van der Waals surface area contributed by atoms with Crippen molar-refractivity contribution in [2.45, 2.75) is 38.1 Å². The molecule has 1 atom stereocenters. The quantitative estimate of drug-likeness (QED) is 0.772. The summed E-state index contributed by atoms with van der Waals surface area (Å²) in [6.07, 6.45) is 4.31. The molecule has 0 aromatic heterocycles. The van der Waals surface area contributed by atoms with E-state index in [2.05, 4.69) is 0 Å². The van der Waals surface area contributed by atoms with Crippen LogP contribution >= 0.6 is 0 Å². The van der Waals surface area contributed by atoms with Gasteiger partial charge >= 0.3 is 12.0 Å². The first-order valence-electron chi connectivity index (χ1n) is 7.02. The normalized spacial score (nSPS) is 23.2. The Morgan fingerprint density at radius 1 is 1.26 bits per heavy atom. The summed E-state index contributed by atoms with van der Waals surface area (Å²) in [6.45, 7) is 1.48. The number of carboxylic acids is 1. The number of nitrogens with zero attached hydrogens (tertiary/aromatic N) is 2. The topological polar surface area (TPSA) is 81.1 Å². The molecule has 1 unspecified atom stereocenters. The molecule has 2 amide bonds. The molecule has 2 aliphatic rings. The highest BCUT2D eigenvalue weighted by atomic mass is 16.4. The first-order chi connectivity index (χ1) is 9.13. The Morgan fingerprint density at radius 2 is 2.00 bits per heavy atom. The molecular weight excluding hydrogens is 248 g/mol. The fourth-order valence-electron chi connectivity index (χ4n) is 2.69. The maximum Gasteiger partial charge on any atom is 0.320 e. The lowest BCUT2D eigenvalue weighted by molar-refractivity contribution is -0.141. The zero-order valence-electron chi connectivity index (χ0n) is 11.1. The summed E-state index contributed by atoms with van der Waals surface area (Å²) in [4.78, 5) is 26.8. The van der Waals surface area contributed by atoms with Crippen molar-refractivity contribution in [1.82, 2.24) is 9.80 Å². The van der Waals surface area contributed by atoms with E-state index in [1.165, 1.54) is 0 Å². The average molecular weight is 270 g/mol. The van der Waals surface area contributed by atoms with Gasteiger partial charge in [0.25, 0.3) is 0 Å². The Kier molecular flexibility index (Phi) is 4.63. The second kappa shape index (κ2) is 6.23. The third kappa shape index (κ3) is 3.18. The van der Waals surface area contributed by atoms with Crippen molar-refractivity contribution in [3.8, 4) is 0 Å². The van der Waals surface area contributed by atoms with E-state index in [1.807, 2.05) is 4.90 Å². The SMILES string of the molecule is O=C(O)C1CCN(C(=O)N(CCCO)C2CCC2)C1. The molecule has 19 heavy (non-hydrogen) atoms. The molecule has 1 heterocycles. The highest BCUT2D eigenvalue weighted by Gasteiger charge is 2.36. The van der Waals surface area contributed by atoms with Gasteiger partial charge in [0, 0.05) is 32.3 Å². The Labute approximate surface area is 113 Å². The molecule has 2 N–H and O–H groups in total. The molecule has 2 rings (SSSR count).